The van der Waals surface area contributed by atoms with E-state index in [2.05, 4.69) is 34.6 Å². The summed E-state index contributed by atoms with van der Waals surface area (Å²) in [6.07, 6.45) is 5.22. The highest BCUT2D eigenvalue weighted by molar-refractivity contribution is 7.16. The number of hydrogen-bond donors (Lipinski definition) is 2. The second kappa shape index (κ2) is 8.40. The Kier molecular flexibility index (Phi) is 5.46. The fourth-order valence-corrected chi connectivity index (χ4v) is 5.28. The molecule has 0 saturated carbocycles. The van der Waals surface area contributed by atoms with Crippen LogP contribution in [0.2, 0.25) is 0 Å². The van der Waals surface area contributed by atoms with E-state index in [0.717, 1.165) is 53.4 Å². The number of pyridine rings is 1. The zero-order chi connectivity index (χ0) is 21.4. The molecule has 7 heteroatoms. The van der Waals surface area contributed by atoms with Gasteiger partial charge in [0.1, 0.15) is 16.6 Å². The average molecular weight is 439 g/mol. The highest BCUT2D eigenvalue weighted by Gasteiger charge is 2.26. The molecule has 1 saturated heterocycles. The van der Waals surface area contributed by atoms with Crippen molar-refractivity contribution >= 4 is 28.2 Å². The molecule has 5 rings (SSSR count). The number of hydrogen-bond acceptors (Lipinski definition) is 5. The fraction of sp³-hybridized carbons (Fsp3) is 0.292. The first-order chi connectivity index (χ1) is 15.1. The van der Waals surface area contributed by atoms with Crippen LogP contribution in [0.1, 0.15) is 22.4 Å². The van der Waals surface area contributed by atoms with Crippen molar-refractivity contribution in [1.29, 1.82) is 0 Å². The lowest BCUT2D eigenvalue weighted by Gasteiger charge is -2.36. The van der Waals surface area contributed by atoms with Gasteiger partial charge in [0.2, 0.25) is 0 Å². The van der Waals surface area contributed by atoms with E-state index in [9.17, 15) is 8.78 Å². The third-order valence-corrected chi connectivity index (χ3v) is 6.86. The molecule has 1 fully saturated rings. The minimum Gasteiger partial charge on any atom is -0.366 e. The fourth-order valence-electron chi connectivity index (χ4n) is 4.40. The van der Waals surface area contributed by atoms with E-state index < -0.39 is 11.6 Å². The number of aromatic nitrogens is 1. The second-order valence-electron chi connectivity index (χ2n) is 8.05. The lowest BCUT2D eigenvalue weighted by atomic mass is 10.0. The Morgan fingerprint density at radius 2 is 2.13 bits per heavy atom. The molecule has 31 heavy (non-hydrogen) atoms. The van der Waals surface area contributed by atoms with Crippen LogP contribution in [0.25, 0.3) is 11.9 Å². The maximum absolute atomic E-state index is 14.1. The quantitative estimate of drug-likeness (QED) is 0.657. The third kappa shape index (κ3) is 4.07. The summed E-state index contributed by atoms with van der Waals surface area (Å²) in [6, 6.07) is 10.3. The largest absolute Gasteiger partial charge is 0.366 e. The monoisotopic (exact) mass is 438 g/mol. The first-order valence-corrected chi connectivity index (χ1v) is 11.4. The van der Waals surface area contributed by atoms with Gasteiger partial charge < -0.3 is 15.5 Å². The first-order valence-electron chi connectivity index (χ1n) is 10.5. The number of nitrogens with zero attached hydrogens (tertiary/aromatic N) is 2. The number of fused-ring (bicyclic) bond motifs is 2. The van der Waals surface area contributed by atoms with Crippen molar-refractivity contribution in [2.75, 3.05) is 25.0 Å². The summed E-state index contributed by atoms with van der Waals surface area (Å²) in [5.74, 6) is -1.00. The first kappa shape index (κ1) is 20.2. The SMILES string of the molecule is Cc1cc2c(s1)NC=c1cccnc1=C2N1CCNC(CCc2ccc(F)cc2F)C1. The Morgan fingerprint density at radius 3 is 3.00 bits per heavy atom. The van der Waals surface area contributed by atoms with Crippen molar-refractivity contribution in [3.8, 4) is 0 Å². The zero-order valence-corrected chi connectivity index (χ0v) is 18.1. The van der Waals surface area contributed by atoms with E-state index in [1.54, 1.807) is 17.4 Å². The second-order valence-corrected chi connectivity index (χ2v) is 9.31. The maximum atomic E-state index is 14.1. The number of thiophene rings is 1. The minimum absolute atomic E-state index is 0.209. The molecule has 160 valence electrons. The predicted octanol–water partition coefficient (Wildman–Crippen LogP) is 2.96. The van der Waals surface area contributed by atoms with Crippen LogP contribution in [0.5, 0.6) is 0 Å². The molecular formula is C24H24F2N4S. The van der Waals surface area contributed by atoms with Crippen molar-refractivity contribution in [3.05, 3.63) is 80.8 Å². The summed E-state index contributed by atoms with van der Waals surface area (Å²) >= 11 is 1.75. The smallest absolute Gasteiger partial charge is 0.129 e. The zero-order valence-electron chi connectivity index (χ0n) is 17.3. The predicted molar refractivity (Wildman–Crippen MR) is 121 cm³/mol. The molecule has 2 aliphatic rings. The summed E-state index contributed by atoms with van der Waals surface area (Å²) in [6.45, 7) is 4.65. The van der Waals surface area contributed by atoms with E-state index in [1.807, 2.05) is 18.5 Å². The minimum atomic E-state index is -0.536. The Bertz CT molecular complexity index is 1240. The molecule has 2 N–H and O–H groups in total. The van der Waals surface area contributed by atoms with Gasteiger partial charge >= 0.3 is 0 Å². The van der Waals surface area contributed by atoms with Crippen LogP contribution < -0.4 is 21.2 Å². The highest BCUT2D eigenvalue weighted by Crippen LogP contribution is 2.34. The number of anilines is 1. The highest BCUT2D eigenvalue weighted by atomic mass is 32.1. The number of benzene rings is 1. The van der Waals surface area contributed by atoms with Crippen molar-refractivity contribution in [1.82, 2.24) is 15.2 Å². The number of nitrogens with one attached hydrogen (secondary N) is 2. The van der Waals surface area contributed by atoms with Crippen molar-refractivity contribution < 1.29 is 8.78 Å². The van der Waals surface area contributed by atoms with Gasteiger partial charge in [0.15, 0.2) is 0 Å². The molecular weight excluding hydrogens is 414 g/mol. The molecule has 1 aromatic carbocycles. The Labute approximate surface area is 183 Å². The summed E-state index contributed by atoms with van der Waals surface area (Å²) in [4.78, 5) is 8.39. The number of halogens is 2. The summed E-state index contributed by atoms with van der Waals surface area (Å²) < 4.78 is 27.3. The maximum Gasteiger partial charge on any atom is 0.129 e. The van der Waals surface area contributed by atoms with Crippen LogP contribution >= 0.6 is 11.3 Å². The van der Waals surface area contributed by atoms with Gasteiger partial charge in [-0.3, -0.25) is 4.98 Å². The number of rotatable bonds is 4. The van der Waals surface area contributed by atoms with Crippen LogP contribution in [0, 0.1) is 18.6 Å². The van der Waals surface area contributed by atoms with Crippen molar-refractivity contribution in [2.45, 2.75) is 25.8 Å². The van der Waals surface area contributed by atoms with E-state index >= 15 is 0 Å². The normalized spacial score (nSPS) is 18.0. The molecule has 0 bridgehead atoms. The van der Waals surface area contributed by atoms with E-state index in [4.69, 9.17) is 4.98 Å². The summed E-state index contributed by atoms with van der Waals surface area (Å²) in [5.41, 5.74) is 2.89. The molecule has 0 amide bonds. The third-order valence-electron chi connectivity index (χ3n) is 5.88. The van der Waals surface area contributed by atoms with E-state index in [-0.39, 0.29) is 6.04 Å². The van der Waals surface area contributed by atoms with Gasteiger partial charge in [0, 0.05) is 59.8 Å². The molecule has 0 spiro atoms. The molecule has 2 aliphatic heterocycles. The standard InChI is InChI=1S/C24H24F2N4S/c1-15-11-20-23(22-17(3-2-8-28-22)13-29-24(20)31-15)30-10-9-27-19(14-30)7-5-16-4-6-18(25)12-21(16)26/h2-4,6,8,11-13,19,27,29H,5,7,9-10,14H2,1H3. The van der Waals surface area contributed by atoms with Gasteiger partial charge in [-0.05, 0) is 49.6 Å². The molecule has 1 unspecified atom stereocenters. The van der Waals surface area contributed by atoms with Crippen LogP contribution in [0.3, 0.4) is 0 Å². The number of piperazine rings is 1. The molecule has 0 aliphatic carbocycles. The van der Waals surface area contributed by atoms with E-state index in [0.29, 0.717) is 12.0 Å². The van der Waals surface area contributed by atoms with Crippen molar-refractivity contribution in [2.24, 2.45) is 0 Å². The lowest BCUT2D eigenvalue weighted by molar-refractivity contribution is 0.268. The van der Waals surface area contributed by atoms with Crippen LogP contribution in [0.4, 0.5) is 13.8 Å². The molecule has 4 nitrogen and oxygen atoms in total. The van der Waals surface area contributed by atoms with Crippen LogP contribution in [-0.4, -0.2) is 35.6 Å². The molecule has 3 aromatic rings. The van der Waals surface area contributed by atoms with Crippen LogP contribution in [0.15, 0.2) is 42.6 Å². The summed E-state index contributed by atoms with van der Waals surface area (Å²) in [7, 11) is 0. The molecule has 4 heterocycles. The van der Waals surface area contributed by atoms with Gasteiger partial charge in [0.25, 0.3) is 0 Å². The van der Waals surface area contributed by atoms with Gasteiger partial charge in [-0.2, -0.15) is 0 Å². The van der Waals surface area contributed by atoms with E-state index in [1.165, 1.54) is 16.5 Å². The van der Waals surface area contributed by atoms with Crippen LogP contribution in [-0.2, 0) is 6.42 Å². The van der Waals surface area contributed by atoms with Gasteiger partial charge in [-0.1, -0.05) is 6.07 Å². The van der Waals surface area contributed by atoms with Crippen molar-refractivity contribution in [3.63, 3.8) is 0 Å². The lowest BCUT2D eigenvalue weighted by Crippen LogP contribution is -2.51. The molecule has 1 atom stereocenters. The molecule has 2 aromatic heterocycles. The Balaban J connectivity index is 1.44. The molecule has 0 radical (unpaired) electrons. The Hall–Kier alpha value is -2.77. The Morgan fingerprint density at radius 1 is 1.23 bits per heavy atom. The van der Waals surface area contributed by atoms with Gasteiger partial charge in [-0.15, -0.1) is 11.3 Å². The van der Waals surface area contributed by atoms with Gasteiger partial charge in [-0.25, -0.2) is 8.78 Å². The average Bonchev–Trinajstić information content (AvgIpc) is 3.05. The van der Waals surface area contributed by atoms with Gasteiger partial charge in [0.05, 0.1) is 11.0 Å². The number of aryl methyl sites for hydroxylation is 2. The topological polar surface area (TPSA) is 40.2 Å². The summed E-state index contributed by atoms with van der Waals surface area (Å²) in [5, 5.41) is 10.2.